The Hall–Kier alpha value is -4.11. The maximum Gasteiger partial charge on any atom is 0.323 e. The van der Waals surface area contributed by atoms with Crippen LogP contribution in [0.25, 0.3) is 22.4 Å². The van der Waals surface area contributed by atoms with E-state index in [9.17, 15) is 0 Å². The van der Waals surface area contributed by atoms with E-state index in [1.165, 1.54) is 0 Å². The number of hydrogen-bond donors (Lipinski definition) is 3. The van der Waals surface area contributed by atoms with Gasteiger partial charge in [-0.2, -0.15) is 15.0 Å². The zero-order valence-electron chi connectivity index (χ0n) is 17.8. The van der Waals surface area contributed by atoms with Crippen LogP contribution in [0.2, 0.25) is 0 Å². The monoisotopic (exact) mass is 463 g/mol. The highest BCUT2D eigenvalue weighted by atomic mass is 35.5. The van der Waals surface area contributed by atoms with Gasteiger partial charge in [-0.3, -0.25) is 0 Å². The predicted octanol–water partition coefficient (Wildman–Crippen LogP) is 5.18. The van der Waals surface area contributed by atoms with Crippen molar-refractivity contribution < 1.29 is 9.15 Å². The lowest BCUT2D eigenvalue weighted by Gasteiger charge is -2.10. The van der Waals surface area contributed by atoms with Gasteiger partial charge >= 0.3 is 6.01 Å². The zero-order valence-corrected chi connectivity index (χ0v) is 18.6. The Balaban J connectivity index is 0.00000259. The molecule has 0 radical (unpaired) electrons. The first kappa shape index (κ1) is 22.1. The van der Waals surface area contributed by atoms with E-state index in [1.807, 2.05) is 67.6 Å². The number of nitrogens with zero attached hydrogens (tertiary/aromatic N) is 4. The fourth-order valence-corrected chi connectivity index (χ4v) is 3.23. The molecule has 33 heavy (non-hydrogen) atoms. The maximum atomic E-state index is 5.51. The summed E-state index contributed by atoms with van der Waals surface area (Å²) in [6.07, 6.45) is 1.62. The molecule has 0 saturated heterocycles. The van der Waals surface area contributed by atoms with Crippen LogP contribution in [0.5, 0.6) is 6.01 Å². The Morgan fingerprint density at radius 2 is 1.82 bits per heavy atom. The second-order valence-corrected chi connectivity index (χ2v) is 6.94. The highest BCUT2D eigenvalue weighted by Crippen LogP contribution is 2.25. The molecule has 0 aliphatic rings. The van der Waals surface area contributed by atoms with Crippen molar-refractivity contribution in [2.75, 3.05) is 17.2 Å². The molecule has 9 nitrogen and oxygen atoms in total. The van der Waals surface area contributed by atoms with Crippen LogP contribution in [0, 0.1) is 0 Å². The Kier molecular flexibility index (Phi) is 6.70. The molecular formula is C23H22ClN7O2. The third-order valence-electron chi connectivity index (χ3n) is 4.67. The molecule has 0 bridgehead atoms. The molecule has 0 fully saturated rings. The first-order valence-electron chi connectivity index (χ1n) is 10.2. The van der Waals surface area contributed by atoms with Gasteiger partial charge in [-0.15, -0.1) is 12.4 Å². The number of nitrogens with one attached hydrogen (secondary N) is 3. The molecule has 3 aromatic heterocycles. The van der Waals surface area contributed by atoms with Gasteiger partial charge in [-0.1, -0.05) is 24.3 Å². The maximum absolute atomic E-state index is 5.51. The number of imidazole rings is 1. The number of fused-ring (bicyclic) bond motifs is 1. The van der Waals surface area contributed by atoms with Crippen molar-refractivity contribution in [1.29, 1.82) is 0 Å². The van der Waals surface area contributed by atoms with Crippen LogP contribution in [-0.4, -0.2) is 31.5 Å². The topological polar surface area (TPSA) is 114 Å². The van der Waals surface area contributed by atoms with Crippen LogP contribution >= 0.6 is 12.4 Å². The first-order chi connectivity index (χ1) is 15.8. The van der Waals surface area contributed by atoms with Gasteiger partial charge in [0.15, 0.2) is 0 Å². The van der Waals surface area contributed by atoms with Gasteiger partial charge in [0.2, 0.25) is 11.9 Å². The summed E-state index contributed by atoms with van der Waals surface area (Å²) in [6, 6.07) is 19.8. The van der Waals surface area contributed by atoms with Crippen molar-refractivity contribution in [2.24, 2.45) is 0 Å². The van der Waals surface area contributed by atoms with Crippen molar-refractivity contribution in [1.82, 2.24) is 24.9 Å². The van der Waals surface area contributed by atoms with E-state index in [2.05, 4.69) is 35.6 Å². The quantitative estimate of drug-likeness (QED) is 0.288. The number of halogens is 1. The van der Waals surface area contributed by atoms with Crippen LogP contribution in [0.3, 0.4) is 0 Å². The molecule has 168 valence electrons. The molecule has 5 aromatic rings. The molecule has 0 aliphatic carbocycles. The SMILES string of the molecule is CCOc1nc(NCc2ccco2)nc(Nc2cccc(-c3nc4ccccc4[nH]3)c2)n1.Cl. The smallest absolute Gasteiger partial charge is 0.323 e. The third kappa shape index (κ3) is 5.21. The molecule has 0 unspecified atom stereocenters. The summed E-state index contributed by atoms with van der Waals surface area (Å²) in [5, 5.41) is 6.37. The van der Waals surface area contributed by atoms with E-state index < -0.39 is 0 Å². The van der Waals surface area contributed by atoms with Gasteiger partial charge in [0.05, 0.1) is 30.4 Å². The largest absolute Gasteiger partial charge is 0.467 e. The van der Waals surface area contributed by atoms with Gasteiger partial charge in [0.1, 0.15) is 11.6 Å². The molecule has 3 heterocycles. The molecule has 0 saturated carbocycles. The summed E-state index contributed by atoms with van der Waals surface area (Å²) >= 11 is 0. The van der Waals surface area contributed by atoms with E-state index in [1.54, 1.807) is 6.26 Å². The van der Waals surface area contributed by atoms with Crippen molar-refractivity contribution in [2.45, 2.75) is 13.5 Å². The number of rotatable bonds is 8. The highest BCUT2D eigenvalue weighted by Gasteiger charge is 2.10. The molecule has 0 spiro atoms. The lowest BCUT2D eigenvalue weighted by molar-refractivity contribution is 0.312. The van der Waals surface area contributed by atoms with Gasteiger partial charge in [-0.05, 0) is 43.3 Å². The molecule has 0 amide bonds. The number of hydrogen-bond acceptors (Lipinski definition) is 8. The van der Waals surface area contributed by atoms with E-state index in [0.717, 1.165) is 33.9 Å². The number of ether oxygens (including phenoxy) is 1. The zero-order chi connectivity index (χ0) is 21.8. The van der Waals surface area contributed by atoms with Crippen LogP contribution in [-0.2, 0) is 6.54 Å². The molecule has 0 aliphatic heterocycles. The molecule has 3 N–H and O–H groups in total. The van der Waals surface area contributed by atoms with Crippen molar-refractivity contribution in [3.8, 4) is 17.4 Å². The normalized spacial score (nSPS) is 10.6. The Morgan fingerprint density at radius 3 is 2.64 bits per heavy atom. The number of furan rings is 1. The van der Waals surface area contributed by atoms with E-state index >= 15 is 0 Å². The minimum Gasteiger partial charge on any atom is -0.467 e. The van der Waals surface area contributed by atoms with Gasteiger partial charge < -0.3 is 24.8 Å². The summed E-state index contributed by atoms with van der Waals surface area (Å²) in [4.78, 5) is 21.1. The Bertz CT molecular complexity index is 1300. The summed E-state index contributed by atoms with van der Waals surface area (Å²) in [6.45, 7) is 2.77. The van der Waals surface area contributed by atoms with Crippen molar-refractivity contribution >= 4 is 41.0 Å². The summed E-state index contributed by atoms with van der Waals surface area (Å²) in [5.74, 6) is 2.32. The van der Waals surface area contributed by atoms with Crippen LogP contribution in [0.4, 0.5) is 17.6 Å². The van der Waals surface area contributed by atoms with Crippen LogP contribution in [0.1, 0.15) is 12.7 Å². The number of para-hydroxylation sites is 2. The summed E-state index contributed by atoms with van der Waals surface area (Å²) in [7, 11) is 0. The number of aromatic nitrogens is 5. The number of anilines is 3. The minimum atomic E-state index is 0. The number of aromatic amines is 1. The summed E-state index contributed by atoms with van der Waals surface area (Å²) < 4.78 is 10.9. The predicted molar refractivity (Wildman–Crippen MR) is 129 cm³/mol. The van der Waals surface area contributed by atoms with Crippen LogP contribution in [0.15, 0.2) is 71.3 Å². The summed E-state index contributed by atoms with van der Waals surface area (Å²) in [5.41, 5.74) is 3.67. The van der Waals surface area contributed by atoms with E-state index in [4.69, 9.17) is 9.15 Å². The van der Waals surface area contributed by atoms with Crippen molar-refractivity contribution in [3.05, 3.63) is 72.7 Å². The second kappa shape index (κ2) is 10.0. The Labute approximate surface area is 196 Å². The van der Waals surface area contributed by atoms with Crippen molar-refractivity contribution in [3.63, 3.8) is 0 Å². The standard InChI is InChI=1S/C23H21N7O2.ClH/c1-2-31-23-29-21(24-14-17-9-6-12-32-17)28-22(30-23)25-16-8-5-7-15(13-16)20-26-18-10-3-4-11-19(18)27-20;/h3-13H,2,14H2,1H3,(H,26,27)(H2,24,25,28,29,30);1H. The van der Waals surface area contributed by atoms with E-state index in [0.29, 0.717) is 25.0 Å². The lowest BCUT2D eigenvalue weighted by atomic mass is 10.2. The lowest BCUT2D eigenvalue weighted by Crippen LogP contribution is -2.09. The fraction of sp³-hybridized carbons (Fsp3) is 0.130. The average molecular weight is 464 g/mol. The second-order valence-electron chi connectivity index (χ2n) is 6.94. The van der Waals surface area contributed by atoms with Crippen LogP contribution < -0.4 is 15.4 Å². The van der Waals surface area contributed by atoms with Gasteiger partial charge in [-0.25, -0.2) is 4.98 Å². The van der Waals surface area contributed by atoms with E-state index in [-0.39, 0.29) is 18.4 Å². The molecule has 10 heteroatoms. The Morgan fingerprint density at radius 1 is 0.939 bits per heavy atom. The fourth-order valence-electron chi connectivity index (χ4n) is 3.23. The first-order valence-corrected chi connectivity index (χ1v) is 10.2. The van der Waals surface area contributed by atoms with Gasteiger partial charge in [0.25, 0.3) is 0 Å². The van der Waals surface area contributed by atoms with Gasteiger partial charge in [0, 0.05) is 11.3 Å². The third-order valence-corrected chi connectivity index (χ3v) is 4.67. The average Bonchev–Trinajstić information content (AvgIpc) is 3.48. The molecular weight excluding hydrogens is 442 g/mol. The number of benzene rings is 2. The molecule has 5 rings (SSSR count). The molecule has 0 atom stereocenters. The minimum absolute atomic E-state index is 0. The number of H-pyrrole nitrogens is 1. The molecule has 2 aromatic carbocycles. The highest BCUT2D eigenvalue weighted by molar-refractivity contribution is 5.85.